The van der Waals surface area contributed by atoms with Crippen LogP contribution in [-0.4, -0.2) is 7.11 Å². The molecule has 2 nitrogen and oxygen atoms in total. The smallest absolute Gasteiger partial charge is 0.173 e. The summed E-state index contributed by atoms with van der Waals surface area (Å²) in [7, 11) is 1.59. The Balaban J connectivity index is 2.54. The monoisotopic (exact) mass is 412 g/mol. The summed E-state index contributed by atoms with van der Waals surface area (Å²) in [6, 6.07) is 5.34. The molecule has 1 heterocycles. The zero-order valence-electron chi connectivity index (χ0n) is 9.22. The molecule has 0 radical (unpaired) electrons. The van der Waals surface area contributed by atoms with Gasteiger partial charge in [0.25, 0.3) is 0 Å². The van der Waals surface area contributed by atoms with Gasteiger partial charge in [-0.15, -0.1) is 11.6 Å². The number of hydrogen-bond acceptors (Lipinski definition) is 2. The predicted molar refractivity (Wildman–Crippen MR) is 79.8 cm³/mol. The molecular weight excluding hydrogens is 407 g/mol. The molecule has 96 valence electrons. The van der Waals surface area contributed by atoms with Crippen molar-refractivity contribution in [3.63, 3.8) is 0 Å². The Morgan fingerprint density at radius 3 is 2.56 bits per heavy atom. The van der Waals surface area contributed by atoms with Gasteiger partial charge in [-0.3, -0.25) is 0 Å². The van der Waals surface area contributed by atoms with Gasteiger partial charge in [0.15, 0.2) is 4.67 Å². The number of halogens is 4. The summed E-state index contributed by atoms with van der Waals surface area (Å²) in [6.45, 7) is 0. The minimum absolute atomic E-state index is 0.414. The molecule has 0 aliphatic heterocycles. The van der Waals surface area contributed by atoms with Crippen LogP contribution in [0.2, 0.25) is 5.02 Å². The van der Waals surface area contributed by atoms with Gasteiger partial charge in [-0.25, -0.2) is 0 Å². The van der Waals surface area contributed by atoms with Gasteiger partial charge in [0.2, 0.25) is 0 Å². The second-order valence-electron chi connectivity index (χ2n) is 3.52. The molecule has 0 amide bonds. The van der Waals surface area contributed by atoms with E-state index in [4.69, 9.17) is 32.4 Å². The Bertz CT molecular complexity index is 569. The minimum Gasteiger partial charge on any atom is -0.495 e. The summed E-state index contributed by atoms with van der Waals surface area (Å²) < 4.78 is 11.9. The third kappa shape index (κ3) is 2.72. The average molecular weight is 415 g/mol. The zero-order valence-corrected chi connectivity index (χ0v) is 13.9. The van der Waals surface area contributed by atoms with E-state index in [1.807, 2.05) is 0 Å². The molecule has 2 aromatic rings. The number of hydrogen-bond donors (Lipinski definition) is 0. The van der Waals surface area contributed by atoms with Gasteiger partial charge < -0.3 is 9.15 Å². The first kappa shape index (κ1) is 14.3. The van der Waals surface area contributed by atoms with Crippen LogP contribution in [-0.2, 0) is 0 Å². The lowest BCUT2D eigenvalue weighted by molar-refractivity contribution is 0.407. The highest BCUT2D eigenvalue weighted by atomic mass is 79.9. The number of methoxy groups -OCH3 is 1. The number of alkyl halides is 1. The summed E-state index contributed by atoms with van der Waals surface area (Å²) in [4.78, 5) is 0. The van der Waals surface area contributed by atoms with E-state index in [0.717, 1.165) is 15.6 Å². The van der Waals surface area contributed by atoms with Crippen LogP contribution < -0.4 is 4.74 Å². The molecule has 0 saturated heterocycles. The Labute approximate surface area is 131 Å². The van der Waals surface area contributed by atoms with Crippen molar-refractivity contribution in [2.75, 3.05) is 7.11 Å². The quantitative estimate of drug-likeness (QED) is 0.592. The Morgan fingerprint density at radius 1 is 1.28 bits per heavy atom. The molecule has 0 aliphatic carbocycles. The number of rotatable bonds is 3. The van der Waals surface area contributed by atoms with E-state index in [0.29, 0.717) is 15.4 Å². The van der Waals surface area contributed by atoms with Crippen LogP contribution in [0.4, 0.5) is 0 Å². The maximum atomic E-state index is 6.46. The molecule has 1 aromatic carbocycles. The van der Waals surface area contributed by atoms with Gasteiger partial charge in [-0.1, -0.05) is 11.6 Å². The van der Waals surface area contributed by atoms with Crippen molar-refractivity contribution < 1.29 is 9.15 Å². The fraction of sp³-hybridized carbons (Fsp3) is 0.167. The second-order valence-corrected chi connectivity index (χ2v) is 5.97. The molecule has 18 heavy (non-hydrogen) atoms. The van der Waals surface area contributed by atoms with Crippen molar-refractivity contribution in [3.05, 3.63) is 49.8 Å². The van der Waals surface area contributed by atoms with E-state index in [-0.39, 0.29) is 0 Å². The van der Waals surface area contributed by atoms with Crippen molar-refractivity contribution in [2.45, 2.75) is 5.38 Å². The minimum atomic E-state index is -0.414. The van der Waals surface area contributed by atoms with Crippen LogP contribution in [0.15, 0.2) is 38.0 Å². The Kier molecular flexibility index (Phi) is 4.64. The van der Waals surface area contributed by atoms with E-state index < -0.39 is 5.38 Å². The van der Waals surface area contributed by atoms with Gasteiger partial charge >= 0.3 is 0 Å². The fourth-order valence-corrected chi connectivity index (χ4v) is 3.57. The van der Waals surface area contributed by atoms with E-state index >= 15 is 0 Å². The molecule has 2 rings (SSSR count). The van der Waals surface area contributed by atoms with Crippen molar-refractivity contribution in [2.24, 2.45) is 0 Å². The molecule has 0 N–H and O–H groups in total. The van der Waals surface area contributed by atoms with Crippen molar-refractivity contribution in [1.29, 1.82) is 0 Å². The van der Waals surface area contributed by atoms with Gasteiger partial charge in [-0.2, -0.15) is 0 Å². The van der Waals surface area contributed by atoms with E-state index in [2.05, 4.69) is 31.9 Å². The average Bonchev–Trinajstić information content (AvgIpc) is 2.73. The van der Waals surface area contributed by atoms with Gasteiger partial charge in [0.05, 0.1) is 23.2 Å². The predicted octanol–water partition coefficient (Wildman–Crippen LogP) is 5.79. The topological polar surface area (TPSA) is 22.4 Å². The summed E-state index contributed by atoms with van der Waals surface area (Å²) in [6.07, 6.45) is 1.57. The van der Waals surface area contributed by atoms with Crippen LogP contribution in [0, 0.1) is 0 Å². The third-order valence-corrected chi connectivity index (χ3v) is 4.36. The van der Waals surface area contributed by atoms with Crippen molar-refractivity contribution >= 4 is 55.1 Å². The molecule has 0 saturated carbocycles. The van der Waals surface area contributed by atoms with Gasteiger partial charge in [-0.05, 0) is 50.1 Å². The highest BCUT2D eigenvalue weighted by Crippen LogP contribution is 2.43. The van der Waals surface area contributed by atoms with E-state index in [1.54, 1.807) is 31.6 Å². The first-order chi connectivity index (χ1) is 8.54. The summed E-state index contributed by atoms with van der Waals surface area (Å²) >= 11 is 19.2. The Hall–Kier alpha value is -0.160. The van der Waals surface area contributed by atoms with E-state index in [1.165, 1.54) is 0 Å². The van der Waals surface area contributed by atoms with E-state index in [9.17, 15) is 0 Å². The largest absolute Gasteiger partial charge is 0.495 e. The van der Waals surface area contributed by atoms with Crippen LogP contribution in [0.3, 0.4) is 0 Å². The highest BCUT2D eigenvalue weighted by Gasteiger charge is 2.22. The molecule has 1 atom stereocenters. The van der Waals surface area contributed by atoms with Crippen LogP contribution >= 0.6 is 55.1 Å². The standard InChI is InChI=1S/C12H8Br2Cl2O2/c1-17-11-8(4-6(15)5-9(11)13)10(16)7-2-3-18-12(7)14/h2-5,10H,1H3. The first-order valence-corrected chi connectivity index (χ1v) is 7.34. The first-order valence-electron chi connectivity index (χ1n) is 4.94. The molecule has 6 heteroatoms. The maximum Gasteiger partial charge on any atom is 0.173 e. The summed E-state index contributed by atoms with van der Waals surface area (Å²) in [5.74, 6) is 0.660. The Morgan fingerprint density at radius 2 is 2.00 bits per heavy atom. The molecule has 1 unspecified atom stereocenters. The second kappa shape index (κ2) is 5.87. The van der Waals surface area contributed by atoms with Gasteiger partial charge in [0.1, 0.15) is 5.75 Å². The van der Waals surface area contributed by atoms with Crippen molar-refractivity contribution in [1.82, 2.24) is 0 Å². The molecule has 0 fully saturated rings. The highest BCUT2D eigenvalue weighted by molar-refractivity contribution is 9.10. The van der Waals surface area contributed by atoms with Crippen LogP contribution in [0.5, 0.6) is 5.75 Å². The molecule has 0 aliphatic rings. The van der Waals surface area contributed by atoms with Crippen LogP contribution in [0.1, 0.15) is 16.5 Å². The van der Waals surface area contributed by atoms with Crippen molar-refractivity contribution in [3.8, 4) is 5.75 Å². The molecule has 0 bridgehead atoms. The molecular formula is C12H8Br2Cl2O2. The third-order valence-electron chi connectivity index (χ3n) is 2.43. The zero-order chi connectivity index (χ0) is 13.3. The maximum absolute atomic E-state index is 6.46. The van der Waals surface area contributed by atoms with Gasteiger partial charge in [0, 0.05) is 16.1 Å². The lowest BCUT2D eigenvalue weighted by Crippen LogP contribution is -1.98. The normalized spacial score (nSPS) is 12.5. The number of furan rings is 1. The lowest BCUT2D eigenvalue weighted by atomic mass is 10.1. The fourth-order valence-electron chi connectivity index (χ4n) is 1.64. The summed E-state index contributed by atoms with van der Waals surface area (Å²) in [5.41, 5.74) is 1.60. The number of ether oxygens (including phenoxy) is 1. The number of benzene rings is 1. The molecule has 0 spiro atoms. The SMILES string of the molecule is COc1c(Br)cc(Cl)cc1C(Cl)c1ccoc1Br. The lowest BCUT2D eigenvalue weighted by Gasteiger charge is -2.15. The van der Waals surface area contributed by atoms with Crippen LogP contribution in [0.25, 0.3) is 0 Å². The summed E-state index contributed by atoms with van der Waals surface area (Å²) in [5, 5.41) is 0.172. The molecule has 1 aromatic heterocycles.